The Morgan fingerprint density at radius 1 is 0.960 bits per heavy atom. The van der Waals surface area contributed by atoms with Gasteiger partial charge in [0, 0.05) is 25.3 Å². The molecule has 1 N–H and O–H groups in total. The van der Waals surface area contributed by atoms with Crippen molar-refractivity contribution in [3.8, 4) is 0 Å². The lowest BCUT2D eigenvalue weighted by Gasteiger charge is -2.29. The van der Waals surface area contributed by atoms with Crippen molar-refractivity contribution in [2.45, 2.75) is 25.9 Å². The van der Waals surface area contributed by atoms with Crippen molar-refractivity contribution in [3.05, 3.63) is 83.6 Å². The second-order valence-corrected chi connectivity index (χ2v) is 6.46. The van der Waals surface area contributed by atoms with Crippen molar-refractivity contribution in [1.82, 2.24) is 9.97 Å². The standard InChI is InChI=1S/C21H22N4/c1-16(17-7-3-2-4-8-17)23-20-11-13-22-21(24-20)25-14-12-18-9-5-6-10-19(18)15-25/h2-11,13,16H,12,14-15H2,1H3,(H,22,23,24). The fraction of sp³-hybridized carbons (Fsp3) is 0.238. The fourth-order valence-electron chi connectivity index (χ4n) is 3.29. The van der Waals surface area contributed by atoms with Crippen LogP contribution in [0, 0.1) is 0 Å². The zero-order chi connectivity index (χ0) is 17.1. The van der Waals surface area contributed by atoms with Gasteiger partial charge in [-0.25, -0.2) is 4.98 Å². The Labute approximate surface area is 148 Å². The Hall–Kier alpha value is -2.88. The molecule has 25 heavy (non-hydrogen) atoms. The molecule has 4 heteroatoms. The molecule has 1 aliphatic rings. The molecule has 1 aromatic heterocycles. The maximum absolute atomic E-state index is 4.74. The van der Waals surface area contributed by atoms with Crippen LogP contribution in [0.1, 0.15) is 29.7 Å². The molecule has 0 saturated carbocycles. The van der Waals surface area contributed by atoms with Crippen LogP contribution in [0.15, 0.2) is 66.9 Å². The van der Waals surface area contributed by atoms with Gasteiger partial charge in [0.2, 0.25) is 5.95 Å². The van der Waals surface area contributed by atoms with Crippen molar-refractivity contribution in [2.24, 2.45) is 0 Å². The van der Waals surface area contributed by atoms with Gasteiger partial charge in [0.05, 0.1) is 0 Å². The first kappa shape index (κ1) is 15.6. The third-order valence-corrected chi connectivity index (χ3v) is 4.72. The number of benzene rings is 2. The van der Waals surface area contributed by atoms with Crippen molar-refractivity contribution in [1.29, 1.82) is 0 Å². The molecule has 0 spiro atoms. The van der Waals surface area contributed by atoms with Crippen LogP contribution in [0.25, 0.3) is 0 Å². The Morgan fingerprint density at radius 2 is 1.72 bits per heavy atom. The summed E-state index contributed by atoms with van der Waals surface area (Å²) in [6.45, 7) is 3.97. The SMILES string of the molecule is CC(Nc1ccnc(N2CCc3ccccc3C2)n1)c1ccccc1. The molecule has 0 bridgehead atoms. The zero-order valence-corrected chi connectivity index (χ0v) is 14.4. The van der Waals surface area contributed by atoms with E-state index < -0.39 is 0 Å². The van der Waals surface area contributed by atoms with Crippen molar-refractivity contribution < 1.29 is 0 Å². The minimum absolute atomic E-state index is 0.200. The van der Waals surface area contributed by atoms with Gasteiger partial charge >= 0.3 is 0 Å². The van der Waals surface area contributed by atoms with E-state index in [-0.39, 0.29) is 6.04 Å². The maximum Gasteiger partial charge on any atom is 0.227 e. The minimum atomic E-state index is 0.200. The highest BCUT2D eigenvalue weighted by molar-refractivity contribution is 5.45. The minimum Gasteiger partial charge on any atom is -0.363 e. The zero-order valence-electron chi connectivity index (χ0n) is 14.4. The monoisotopic (exact) mass is 330 g/mol. The summed E-state index contributed by atoms with van der Waals surface area (Å²) in [5, 5.41) is 3.48. The Kier molecular flexibility index (Phi) is 4.34. The van der Waals surface area contributed by atoms with Gasteiger partial charge in [0.25, 0.3) is 0 Å². The molecule has 2 heterocycles. The van der Waals surface area contributed by atoms with Crippen molar-refractivity contribution in [2.75, 3.05) is 16.8 Å². The van der Waals surface area contributed by atoms with Crippen LogP contribution in [0.2, 0.25) is 0 Å². The number of fused-ring (bicyclic) bond motifs is 1. The second kappa shape index (κ2) is 6.93. The summed E-state index contributed by atoms with van der Waals surface area (Å²) >= 11 is 0. The number of anilines is 2. The Morgan fingerprint density at radius 3 is 2.56 bits per heavy atom. The molecule has 4 rings (SSSR count). The van der Waals surface area contributed by atoms with E-state index in [2.05, 4.69) is 70.7 Å². The van der Waals surface area contributed by atoms with Crippen LogP contribution in [0.3, 0.4) is 0 Å². The van der Waals surface area contributed by atoms with Gasteiger partial charge in [-0.3, -0.25) is 0 Å². The van der Waals surface area contributed by atoms with E-state index in [1.165, 1.54) is 16.7 Å². The summed E-state index contributed by atoms with van der Waals surface area (Å²) in [5.41, 5.74) is 4.05. The predicted octanol–water partition coefficient (Wildman–Crippen LogP) is 4.21. The van der Waals surface area contributed by atoms with Crippen LogP contribution in [-0.4, -0.2) is 16.5 Å². The van der Waals surface area contributed by atoms with Gasteiger partial charge in [0.15, 0.2) is 0 Å². The van der Waals surface area contributed by atoms with Gasteiger partial charge < -0.3 is 10.2 Å². The number of nitrogens with zero attached hydrogens (tertiary/aromatic N) is 3. The smallest absolute Gasteiger partial charge is 0.227 e. The highest BCUT2D eigenvalue weighted by Crippen LogP contribution is 2.23. The lowest BCUT2D eigenvalue weighted by atomic mass is 10.0. The van der Waals surface area contributed by atoms with Crippen LogP contribution < -0.4 is 10.2 Å². The average Bonchev–Trinajstić information content (AvgIpc) is 2.68. The summed E-state index contributed by atoms with van der Waals surface area (Å²) in [6.07, 6.45) is 2.88. The first-order chi connectivity index (χ1) is 12.3. The summed E-state index contributed by atoms with van der Waals surface area (Å²) < 4.78 is 0. The number of hydrogen-bond donors (Lipinski definition) is 1. The summed E-state index contributed by atoms with van der Waals surface area (Å²) in [5.74, 6) is 1.65. The van der Waals surface area contributed by atoms with E-state index >= 15 is 0 Å². The van der Waals surface area contributed by atoms with Gasteiger partial charge in [-0.1, -0.05) is 54.6 Å². The largest absolute Gasteiger partial charge is 0.363 e. The van der Waals surface area contributed by atoms with E-state index in [0.717, 1.165) is 31.3 Å². The summed E-state index contributed by atoms with van der Waals surface area (Å²) in [4.78, 5) is 11.5. The molecule has 126 valence electrons. The molecule has 1 atom stereocenters. The lowest BCUT2D eigenvalue weighted by Crippen LogP contribution is -2.31. The van der Waals surface area contributed by atoms with E-state index in [0.29, 0.717) is 0 Å². The number of rotatable bonds is 4. The third-order valence-electron chi connectivity index (χ3n) is 4.72. The summed E-state index contributed by atoms with van der Waals surface area (Å²) in [6, 6.07) is 21.2. The lowest BCUT2D eigenvalue weighted by molar-refractivity contribution is 0.707. The van der Waals surface area contributed by atoms with Gasteiger partial charge in [0.1, 0.15) is 5.82 Å². The number of nitrogens with one attached hydrogen (secondary N) is 1. The molecule has 0 radical (unpaired) electrons. The molecule has 1 aliphatic heterocycles. The molecule has 1 unspecified atom stereocenters. The van der Waals surface area contributed by atoms with E-state index in [1.54, 1.807) is 0 Å². The first-order valence-corrected chi connectivity index (χ1v) is 8.76. The second-order valence-electron chi connectivity index (χ2n) is 6.46. The van der Waals surface area contributed by atoms with Crippen LogP contribution in [0.5, 0.6) is 0 Å². The van der Waals surface area contributed by atoms with Gasteiger partial charge in [-0.15, -0.1) is 0 Å². The van der Waals surface area contributed by atoms with Crippen molar-refractivity contribution in [3.63, 3.8) is 0 Å². The van der Waals surface area contributed by atoms with Crippen LogP contribution in [-0.2, 0) is 13.0 Å². The summed E-state index contributed by atoms with van der Waals surface area (Å²) in [7, 11) is 0. The molecule has 0 fully saturated rings. The molecule has 0 amide bonds. The van der Waals surface area contributed by atoms with Crippen molar-refractivity contribution >= 4 is 11.8 Å². The van der Waals surface area contributed by atoms with Gasteiger partial charge in [-0.05, 0) is 36.1 Å². The van der Waals surface area contributed by atoms with Crippen LogP contribution in [0.4, 0.5) is 11.8 Å². The number of aromatic nitrogens is 2. The van der Waals surface area contributed by atoms with E-state index in [9.17, 15) is 0 Å². The number of hydrogen-bond acceptors (Lipinski definition) is 4. The van der Waals surface area contributed by atoms with E-state index in [4.69, 9.17) is 4.98 Å². The fourth-order valence-corrected chi connectivity index (χ4v) is 3.29. The first-order valence-electron chi connectivity index (χ1n) is 8.76. The molecule has 0 saturated heterocycles. The maximum atomic E-state index is 4.74. The van der Waals surface area contributed by atoms with Crippen LogP contribution >= 0.6 is 0 Å². The molecule has 0 aliphatic carbocycles. The molecule has 4 nitrogen and oxygen atoms in total. The molecular formula is C21H22N4. The quantitative estimate of drug-likeness (QED) is 0.778. The van der Waals surface area contributed by atoms with Gasteiger partial charge in [-0.2, -0.15) is 4.98 Å². The highest BCUT2D eigenvalue weighted by atomic mass is 15.3. The van der Waals surface area contributed by atoms with E-state index in [1.807, 2.05) is 18.3 Å². The Bertz CT molecular complexity index is 847. The molecule has 2 aromatic carbocycles. The predicted molar refractivity (Wildman–Crippen MR) is 102 cm³/mol. The Balaban J connectivity index is 1.50. The molecular weight excluding hydrogens is 308 g/mol. The third kappa shape index (κ3) is 3.48. The normalized spacial score (nSPS) is 14.7. The molecule has 3 aromatic rings. The topological polar surface area (TPSA) is 41.1 Å². The average molecular weight is 330 g/mol. The highest BCUT2D eigenvalue weighted by Gasteiger charge is 2.18.